The van der Waals surface area contributed by atoms with Crippen molar-refractivity contribution in [3.05, 3.63) is 34.1 Å². The minimum atomic E-state index is -0.400. The summed E-state index contributed by atoms with van der Waals surface area (Å²) in [6.45, 7) is 2.16. The second kappa shape index (κ2) is 6.51. The van der Waals surface area contributed by atoms with Crippen LogP contribution in [0.3, 0.4) is 0 Å². The first-order valence-corrected chi connectivity index (χ1v) is 7.67. The van der Waals surface area contributed by atoms with E-state index in [1.165, 1.54) is 18.9 Å². The van der Waals surface area contributed by atoms with Crippen LogP contribution in [0.2, 0.25) is 0 Å². The number of hydrogen-bond acceptors (Lipinski definition) is 1. The molecule has 1 amide bonds. The van der Waals surface area contributed by atoms with Crippen molar-refractivity contribution in [2.45, 2.75) is 45.1 Å². The molecule has 2 rings (SSSR count). The molecule has 1 N–H and O–H groups in total. The molecule has 0 spiro atoms. The average Bonchev–Trinajstić information content (AvgIpc) is 2.42. The van der Waals surface area contributed by atoms with Gasteiger partial charge in [0.2, 0.25) is 0 Å². The highest BCUT2D eigenvalue weighted by molar-refractivity contribution is 9.10. The predicted molar refractivity (Wildman–Crippen MR) is 77.6 cm³/mol. The standard InChI is InChI=1S/C15H19BrFNO/c1-2-10-6-3-4-9-13(10)18-15(19)11-7-5-8-12(17)14(11)16/h5,7-8,10,13H,2-4,6,9H2,1H3,(H,18,19). The summed E-state index contributed by atoms with van der Waals surface area (Å²) in [6.07, 6.45) is 5.68. The van der Waals surface area contributed by atoms with E-state index in [4.69, 9.17) is 0 Å². The Bertz CT molecular complexity index is 463. The summed E-state index contributed by atoms with van der Waals surface area (Å²) in [6, 6.07) is 4.77. The number of amides is 1. The summed E-state index contributed by atoms with van der Waals surface area (Å²) in [5, 5.41) is 3.07. The van der Waals surface area contributed by atoms with E-state index in [2.05, 4.69) is 28.2 Å². The molecule has 2 nitrogen and oxygen atoms in total. The lowest BCUT2D eigenvalue weighted by atomic mass is 9.83. The number of carbonyl (C=O) groups excluding carboxylic acids is 1. The van der Waals surface area contributed by atoms with Gasteiger partial charge in [0.25, 0.3) is 5.91 Å². The highest BCUT2D eigenvalue weighted by Crippen LogP contribution is 2.27. The first-order valence-electron chi connectivity index (χ1n) is 6.88. The van der Waals surface area contributed by atoms with Crippen molar-refractivity contribution < 1.29 is 9.18 Å². The van der Waals surface area contributed by atoms with Crippen molar-refractivity contribution in [2.75, 3.05) is 0 Å². The molecule has 0 radical (unpaired) electrons. The van der Waals surface area contributed by atoms with Gasteiger partial charge in [-0.15, -0.1) is 0 Å². The molecule has 0 bridgehead atoms. The second-order valence-corrected chi connectivity index (χ2v) is 5.93. The third-order valence-electron chi connectivity index (χ3n) is 3.95. The molecular weight excluding hydrogens is 309 g/mol. The van der Waals surface area contributed by atoms with Gasteiger partial charge in [-0.1, -0.05) is 32.3 Å². The van der Waals surface area contributed by atoms with E-state index in [-0.39, 0.29) is 16.4 Å². The van der Waals surface area contributed by atoms with Crippen molar-refractivity contribution in [3.63, 3.8) is 0 Å². The Hall–Kier alpha value is -0.900. The number of rotatable bonds is 3. The van der Waals surface area contributed by atoms with E-state index in [1.807, 2.05) is 0 Å². The van der Waals surface area contributed by atoms with E-state index in [0.29, 0.717) is 11.5 Å². The maximum atomic E-state index is 13.4. The molecule has 4 heteroatoms. The van der Waals surface area contributed by atoms with Crippen LogP contribution in [0, 0.1) is 11.7 Å². The van der Waals surface area contributed by atoms with E-state index < -0.39 is 5.82 Å². The van der Waals surface area contributed by atoms with Crippen LogP contribution in [-0.4, -0.2) is 11.9 Å². The van der Waals surface area contributed by atoms with E-state index >= 15 is 0 Å². The van der Waals surface area contributed by atoms with Gasteiger partial charge in [-0.05, 0) is 46.8 Å². The summed E-state index contributed by atoms with van der Waals surface area (Å²) < 4.78 is 13.7. The quantitative estimate of drug-likeness (QED) is 0.881. The lowest BCUT2D eigenvalue weighted by Gasteiger charge is -2.31. The van der Waals surface area contributed by atoms with Gasteiger partial charge in [0.15, 0.2) is 0 Å². The zero-order valence-electron chi connectivity index (χ0n) is 11.1. The van der Waals surface area contributed by atoms with Gasteiger partial charge in [0.1, 0.15) is 5.82 Å². The van der Waals surface area contributed by atoms with E-state index in [9.17, 15) is 9.18 Å². The predicted octanol–water partition coefficient (Wildman–Crippen LogP) is 4.29. The number of halogens is 2. The minimum Gasteiger partial charge on any atom is -0.349 e. The molecule has 1 aromatic rings. The van der Waals surface area contributed by atoms with Crippen LogP contribution in [0.4, 0.5) is 4.39 Å². The molecule has 104 valence electrons. The van der Waals surface area contributed by atoms with Crippen LogP contribution in [0.1, 0.15) is 49.4 Å². The van der Waals surface area contributed by atoms with Gasteiger partial charge in [-0.2, -0.15) is 0 Å². The maximum absolute atomic E-state index is 13.4. The lowest BCUT2D eigenvalue weighted by molar-refractivity contribution is 0.0903. The zero-order chi connectivity index (χ0) is 13.8. The normalized spacial score (nSPS) is 23.1. The van der Waals surface area contributed by atoms with Crippen LogP contribution in [-0.2, 0) is 0 Å². The van der Waals surface area contributed by atoms with Crippen LogP contribution < -0.4 is 5.32 Å². The Labute approximate surface area is 121 Å². The number of benzene rings is 1. The molecule has 1 aliphatic carbocycles. The average molecular weight is 328 g/mol. The monoisotopic (exact) mass is 327 g/mol. The molecule has 0 aromatic heterocycles. The van der Waals surface area contributed by atoms with Crippen molar-refractivity contribution >= 4 is 21.8 Å². The summed E-state index contributed by atoms with van der Waals surface area (Å²) in [7, 11) is 0. The van der Waals surface area contributed by atoms with Crippen molar-refractivity contribution in [3.8, 4) is 0 Å². The van der Waals surface area contributed by atoms with Crippen LogP contribution in [0.15, 0.2) is 22.7 Å². The molecule has 1 aliphatic rings. The smallest absolute Gasteiger partial charge is 0.252 e. The van der Waals surface area contributed by atoms with Gasteiger partial charge < -0.3 is 5.32 Å². The fourth-order valence-corrected chi connectivity index (χ4v) is 3.26. The molecular formula is C15H19BrFNO. The molecule has 0 saturated heterocycles. The molecule has 1 aromatic carbocycles. The van der Waals surface area contributed by atoms with E-state index in [1.54, 1.807) is 12.1 Å². The Balaban J connectivity index is 2.09. The van der Waals surface area contributed by atoms with Crippen LogP contribution in [0.25, 0.3) is 0 Å². The van der Waals surface area contributed by atoms with Gasteiger partial charge in [0, 0.05) is 6.04 Å². The lowest BCUT2D eigenvalue weighted by Crippen LogP contribution is -2.42. The summed E-state index contributed by atoms with van der Waals surface area (Å²) in [4.78, 5) is 12.2. The van der Waals surface area contributed by atoms with Gasteiger partial charge in [-0.3, -0.25) is 4.79 Å². The minimum absolute atomic E-state index is 0.184. The topological polar surface area (TPSA) is 29.1 Å². The van der Waals surface area contributed by atoms with Crippen LogP contribution >= 0.6 is 15.9 Å². The Morgan fingerprint density at radius 2 is 2.16 bits per heavy atom. The highest BCUT2D eigenvalue weighted by Gasteiger charge is 2.26. The first-order chi connectivity index (χ1) is 9.13. The number of hydrogen-bond donors (Lipinski definition) is 1. The highest BCUT2D eigenvalue weighted by atomic mass is 79.9. The fraction of sp³-hybridized carbons (Fsp3) is 0.533. The Morgan fingerprint density at radius 3 is 2.89 bits per heavy atom. The summed E-state index contributed by atoms with van der Waals surface area (Å²) >= 11 is 3.14. The maximum Gasteiger partial charge on any atom is 0.252 e. The van der Waals surface area contributed by atoms with Crippen molar-refractivity contribution in [1.82, 2.24) is 5.32 Å². The van der Waals surface area contributed by atoms with Gasteiger partial charge in [-0.25, -0.2) is 4.39 Å². The van der Waals surface area contributed by atoms with Crippen LogP contribution in [0.5, 0.6) is 0 Å². The van der Waals surface area contributed by atoms with E-state index in [0.717, 1.165) is 19.3 Å². The Kier molecular flexibility index (Phi) is 4.97. The second-order valence-electron chi connectivity index (χ2n) is 5.13. The summed E-state index contributed by atoms with van der Waals surface area (Å²) in [5.41, 5.74) is 0.375. The fourth-order valence-electron chi connectivity index (χ4n) is 2.81. The molecule has 19 heavy (non-hydrogen) atoms. The number of nitrogens with one attached hydrogen (secondary N) is 1. The molecule has 2 unspecified atom stereocenters. The van der Waals surface area contributed by atoms with Gasteiger partial charge >= 0.3 is 0 Å². The van der Waals surface area contributed by atoms with Crippen molar-refractivity contribution in [1.29, 1.82) is 0 Å². The zero-order valence-corrected chi connectivity index (χ0v) is 12.7. The molecule has 0 aliphatic heterocycles. The molecule has 1 saturated carbocycles. The Morgan fingerprint density at radius 1 is 1.42 bits per heavy atom. The number of carbonyl (C=O) groups is 1. The third-order valence-corrected chi connectivity index (χ3v) is 4.75. The largest absolute Gasteiger partial charge is 0.349 e. The van der Waals surface area contributed by atoms with Gasteiger partial charge in [0.05, 0.1) is 10.0 Å². The SMILES string of the molecule is CCC1CCCCC1NC(=O)c1cccc(F)c1Br. The third kappa shape index (κ3) is 3.35. The first kappa shape index (κ1) is 14.5. The molecule has 2 atom stereocenters. The summed E-state index contributed by atoms with van der Waals surface area (Å²) in [5.74, 6) is -0.0369. The molecule has 1 fully saturated rings. The van der Waals surface area contributed by atoms with Crippen molar-refractivity contribution in [2.24, 2.45) is 5.92 Å². The molecule has 0 heterocycles.